The molecule has 116 heavy (non-hydrogen) atoms. The van der Waals surface area contributed by atoms with Crippen LogP contribution in [-0.4, -0.2) is 93.8 Å². The van der Waals surface area contributed by atoms with Crippen molar-refractivity contribution in [1.82, 2.24) is 0 Å². The average Bonchev–Trinajstić information content (AvgIpc) is 1.62. The van der Waals surface area contributed by atoms with E-state index in [-0.39, 0.29) is 88.2 Å². The van der Waals surface area contributed by atoms with Gasteiger partial charge in [-0.15, -0.1) is 0 Å². The lowest BCUT2D eigenvalue weighted by atomic mass is 9.60. The van der Waals surface area contributed by atoms with Gasteiger partial charge in [0.05, 0.1) is 24.4 Å². The van der Waals surface area contributed by atoms with Crippen LogP contribution in [0.5, 0.6) is 0 Å². The Morgan fingerprint density at radius 1 is 0.466 bits per heavy atom. The van der Waals surface area contributed by atoms with Gasteiger partial charge >= 0.3 is 17.9 Å². The van der Waals surface area contributed by atoms with Gasteiger partial charge in [0, 0.05) is 38.5 Å². The van der Waals surface area contributed by atoms with Gasteiger partial charge in [-0.05, 0) is 341 Å². The molecule has 0 amide bonds. The Hall–Kier alpha value is -2.77. The van der Waals surface area contributed by atoms with Crippen LogP contribution in [-0.2, 0) is 42.2 Å². The minimum atomic E-state index is -1.98. The number of aliphatic hydroxyl groups is 2. The second-order valence-electron chi connectivity index (χ2n) is 42.6. The normalized spacial score (nSPS) is 38.2. The smallest absolute Gasteiger partial charge is 0.306 e. The van der Waals surface area contributed by atoms with Gasteiger partial charge in [0.1, 0.15) is 24.6 Å². The number of allylic oxidation sites excluding steroid dienone is 8. The Labute approximate surface area is 728 Å². The molecule has 0 spiro atoms. The SMILES string of the molecule is C.C.C.C.C=C1/C(=C\C=C2/CCC[C@@]3(C)C2CC[C@@H]3[C@H](C)CC2CCC(=O)O2)C[C@@H](O)C[C@@H]1O.C=C1/C(=C\C=C2/CCC[C@@]3(C)C2CC[C@@H]3[C@H](C)CC2CCC(=O)O2)C[C@@H](O[Si](C)(C)C(C)(C)C)C[C@@H]1O[Si](C)(C)C(C)(C)C.C[C@H](CC1CCC(=O)O1)[C@H]1CCC2/C(=C/Br)CCC[C@@]21C.C[C@H](CC=O)[C@H]1CCC2/C(=C/Br)CCC[C@@]21C. The summed E-state index contributed by atoms with van der Waals surface area (Å²) in [6, 6.07) is 0. The van der Waals surface area contributed by atoms with Gasteiger partial charge in [-0.25, -0.2) is 0 Å². The molecule has 10 aliphatic carbocycles. The van der Waals surface area contributed by atoms with Gasteiger partial charge in [0.25, 0.3) is 0 Å². The highest BCUT2D eigenvalue weighted by Gasteiger charge is 2.56. The van der Waals surface area contributed by atoms with Crippen molar-refractivity contribution in [2.24, 2.45) is 92.7 Å². The van der Waals surface area contributed by atoms with Gasteiger partial charge in [0.2, 0.25) is 0 Å². The van der Waals surface area contributed by atoms with Crippen LogP contribution in [0.2, 0.25) is 36.3 Å². The van der Waals surface area contributed by atoms with E-state index in [2.05, 4.69) is 202 Å². The Morgan fingerprint density at radius 2 is 0.793 bits per heavy atom. The topological polar surface area (TPSA) is 155 Å². The molecule has 0 bridgehead atoms. The predicted octanol–water partition coefficient (Wildman–Crippen LogP) is 28.2. The summed E-state index contributed by atoms with van der Waals surface area (Å²) in [5, 5.41) is 20.5. The van der Waals surface area contributed by atoms with Crippen molar-refractivity contribution in [3.63, 3.8) is 0 Å². The number of hydrogen-bond donors (Lipinski definition) is 2. The van der Waals surface area contributed by atoms with Crippen LogP contribution in [0.25, 0.3) is 0 Å². The van der Waals surface area contributed by atoms with E-state index >= 15 is 0 Å². The third-order valence-corrected chi connectivity index (χ3v) is 43.7. The Balaban J connectivity index is 0.000000252. The molecule has 3 saturated heterocycles. The van der Waals surface area contributed by atoms with Crippen LogP contribution in [0.3, 0.4) is 0 Å². The number of fused-ring (bicyclic) bond motifs is 4. The highest BCUT2D eigenvalue weighted by molar-refractivity contribution is 9.11. The number of hydrogen-bond acceptors (Lipinski definition) is 11. The molecule has 13 rings (SSSR count). The molecule has 0 aromatic heterocycles. The number of cyclic esters (lactones) is 3. The van der Waals surface area contributed by atoms with Crippen LogP contribution in [0.4, 0.5) is 0 Å². The van der Waals surface area contributed by atoms with E-state index in [0.717, 1.165) is 105 Å². The quantitative estimate of drug-likeness (QED) is 0.0583. The lowest BCUT2D eigenvalue weighted by molar-refractivity contribution is -0.143. The molecular formula is C101H170Br2O11Si2. The van der Waals surface area contributed by atoms with Crippen LogP contribution in [0.15, 0.2) is 92.0 Å². The monoisotopic (exact) mass is 1770 g/mol. The number of carbonyl (C=O) groups is 4. The largest absolute Gasteiger partial charge is 0.462 e. The lowest BCUT2D eigenvalue weighted by Crippen LogP contribution is -2.49. The van der Waals surface area contributed by atoms with E-state index in [1.54, 1.807) is 16.7 Å². The van der Waals surface area contributed by atoms with E-state index in [1.807, 2.05) is 0 Å². The summed E-state index contributed by atoms with van der Waals surface area (Å²) in [6.07, 6.45) is 46.7. The summed E-state index contributed by atoms with van der Waals surface area (Å²) in [7, 11) is -3.91. The number of aldehydes is 1. The minimum absolute atomic E-state index is 0. The molecule has 662 valence electrons. The second-order valence-corrected chi connectivity index (χ2v) is 53.0. The van der Waals surface area contributed by atoms with E-state index in [9.17, 15) is 29.4 Å². The van der Waals surface area contributed by atoms with Crippen molar-refractivity contribution in [2.75, 3.05) is 0 Å². The number of aliphatic hydroxyl groups excluding tert-OH is 2. The number of carbonyl (C=O) groups excluding carboxylic acids is 4. The number of rotatable bonds is 18. The maximum atomic E-state index is 11.7. The van der Waals surface area contributed by atoms with Crippen LogP contribution < -0.4 is 0 Å². The average molecular weight is 1780 g/mol. The molecule has 15 heteroatoms. The van der Waals surface area contributed by atoms with Crippen molar-refractivity contribution >= 4 is 72.7 Å². The summed E-state index contributed by atoms with van der Waals surface area (Å²) in [4.78, 5) is 49.6. The molecule has 0 radical (unpaired) electrons. The van der Waals surface area contributed by atoms with Gasteiger partial charge in [-0.3, -0.25) is 14.4 Å². The Kier molecular flexibility index (Phi) is 37.2. The van der Waals surface area contributed by atoms with Crippen molar-refractivity contribution in [3.05, 3.63) is 92.0 Å². The summed E-state index contributed by atoms with van der Waals surface area (Å²) in [6.45, 7) is 51.6. The third-order valence-electron chi connectivity index (χ3n) is 33.5. The van der Waals surface area contributed by atoms with Gasteiger partial charge < -0.3 is 38.1 Å². The van der Waals surface area contributed by atoms with Crippen molar-refractivity contribution < 1.29 is 52.5 Å². The van der Waals surface area contributed by atoms with Crippen LogP contribution in [0.1, 0.15) is 345 Å². The van der Waals surface area contributed by atoms with E-state index < -0.39 is 28.8 Å². The first-order valence-corrected chi connectivity index (χ1v) is 52.7. The van der Waals surface area contributed by atoms with E-state index in [0.29, 0.717) is 101 Å². The van der Waals surface area contributed by atoms with E-state index in [4.69, 9.17) is 23.1 Å². The lowest BCUT2D eigenvalue weighted by Gasteiger charge is -2.46. The molecule has 7 unspecified atom stereocenters. The van der Waals surface area contributed by atoms with Crippen molar-refractivity contribution in [3.8, 4) is 0 Å². The summed E-state index contributed by atoms with van der Waals surface area (Å²) in [5.41, 5.74) is 12.2. The standard InChI is InChI=1S/C38H66O4Si2.C26H38O4.C18H27BrO2.C15H23BrO.4CH4/c1-26(23-30-18-21-35(39)40-30)32-19-20-33-28(15-14-22-38(32,33)9)16-17-29-24-31(41-43(10,11)36(3,4)5)25-34(27(29)2)42-44(12,13)37(6,7)8;1-16(13-21-8-11-25(29)30-21)22-9-10-23-18(5-4-12-26(22,23)3)6-7-19-14-20(27)15-24(28)17(19)2;1-12(10-14-5-8-17(20)21-14)15-6-7-16-13(11-19)4-3-9-18(15,16)2;1-11(7-9-17)13-5-6-14-12(10-16)4-3-8-15(13,14)2;;;;/h16-17,26,30-34H,2,14-15,18-25H2,1,3-13H3;6-7,16,20-24,27-28H,2,4-5,8-15H2,1,3H3;11-12,14-16H,3-10H2,1-2H3;9-11,13-14H,3-8H2,1-2H3;4*1H4/b28-16+,29-17-;18-6+,19-7-;13-11+;12-10+;;;;/t26-,30?,31-,32-,33?,34+,38-;16-,20-,21?,22-,23?,24+,26-;12-,14?,15-,16?,18-;11-,13-,14?,15-;;;;/m1111..../s1. The van der Waals surface area contributed by atoms with E-state index in [1.165, 1.54) is 139 Å². The zero-order valence-electron chi connectivity index (χ0n) is 73.3. The fourth-order valence-corrected chi connectivity index (χ4v) is 29.0. The summed E-state index contributed by atoms with van der Waals surface area (Å²) < 4.78 is 30.7. The molecule has 10 saturated carbocycles. The number of ether oxygens (including phenoxy) is 3. The van der Waals surface area contributed by atoms with Gasteiger partial charge in [-0.1, -0.05) is 218 Å². The zero-order chi connectivity index (χ0) is 81.8. The first-order chi connectivity index (χ1) is 52.6. The first-order valence-electron chi connectivity index (χ1n) is 45.1. The zero-order valence-corrected chi connectivity index (χ0v) is 78.5. The molecule has 3 aliphatic heterocycles. The Morgan fingerprint density at radius 3 is 1.12 bits per heavy atom. The predicted molar refractivity (Wildman–Crippen MR) is 497 cm³/mol. The fraction of sp³-hybridized carbons (Fsp3) is 0.802. The second kappa shape index (κ2) is 42.3. The van der Waals surface area contributed by atoms with Gasteiger partial charge in [-0.2, -0.15) is 0 Å². The van der Waals surface area contributed by atoms with Crippen LogP contribution >= 0.6 is 31.9 Å². The molecule has 3 heterocycles. The molecule has 23 atom stereocenters. The first kappa shape index (κ1) is 102. The Bertz CT molecular complexity index is 3510. The molecule has 11 nitrogen and oxygen atoms in total. The summed E-state index contributed by atoms with van der Waals surface area (Å²) >= 11 is 7.13. The maximum Gasteiger partial charge on any atom is 0.306 e. The fourth-order valence-electron chi connectivity index (χ4n) is 25.2. The molecule has 13 aliphatic rings. The highest BCUT2D eigenvalue weighted by Crippen LogP contribution is 2.64. The summed E-state index contributed by atoms with van der Waals surface area (Å²) in [5.74, 6) is 7.98. The molecular weight excluding hydrogens is 1610 g/mol. The third kappa shape index (κ3) is 23.2. The molecule has 13 fully saturated rings. The molecule has 2 N–H and O–H groups in total. The van der Waals surface area contributed by atoms with Gasteiger partial charge in [0.15, 0.2) is 16.6 Å². The molecule has 0 aromatic carbocycles. The highest BCUT2D eigenvalue weighted by atomic mass is 79.9. The van der Waals surface area contributed by atoms with Crippen molar-refractivity contribution in [1.29, 1.82) is 0 Å². The van der Waals surface area contributed by atoms with Crippen molar-refractivity contribution in [2.45, 2.75) is 424 Å². The van der Waals surface area contributed by atoms with Crippen LogP contribution in [0, 0.1) is 92.7 Å². The molecule has 0 aromatic rings. The number of esters is 3. The maximum absolute atomic E-state index is 11.7. The minimum Gasteiger partial charge on any atom is -0.462 e. The number of halogens is 2.